The highest BCUT2D eigenvalue weighted by atomic mass is 32.1. The number of rotatable bonds is 6. The van der Waals surface area contributed by atoms with Gasteiger partial charge in [-0.3, -0.25) is 15.1 Å². The van der Waals surface area contributed by atoms with Gasteiger partial charge in [0.1, 0.15) is 10.6 Å². The van der Waals surface area contributed by atoms with Crippen molar-refractivity contribution in [2.45, 2.75) is 0 Å². The molecule has 3 aromatic rings. The lowest BCUT2D eigenvalue weighted by Gasteiger charge is -1.99. The summed E-state index contributed by atoms with van der Waals surface area (Å²) in [7, 11) is 0. The molecule has 0 spiro atoms. The molecule has 3 heterocycles. The molecule has 0 aromatic carbocycles. The second-order valence-corrected chi connectivity index (χ2v) is 5.34. The quantitative estimate of drug-likeness (QED) is 0.296. The van der Waals surface area contributed by atoms with Gasteiger partial charge in [-0.15, -0.1) is 17.9 Å². The highest BCUT2D eigenvalue weighted by Gasteiger charge is 2.12. The molecule has 9 heteroatoms. The predicted molar refractivity (Wildman–Crippen MR) is 89.0 cm³/mol. The number of aromatic nitrogens is 1. The van der Waals surface area contributed by atoms with Gasteiger partial charge in [0, 0.05) is 5.38 Å². The molecule has 0 bridgehead atoms. The van der Waals surface area contributed by atoms with Crippen molar-refractivity contribution in [1.82, 2.24) is 4.68 Å². The molecule has 0 aliphatic rings. The summed E-state index contributed by atoms with van der Waals surface area (Å²) in [5.41, 5.74) is 0.713. The average Bonchev–Trinajstić information content (AvgIpc) is 3.29. The van der Waals surface area contributed by atoms with Crippen LogP contribution in [0.4, 0.5) is 5.88 Å². The SMILES string of the molecule is C=CCN=c1scc(-c2ccco2)n1N=Cc1ccc([N+](=O)[O-])o1. The summed E-state index contributed by atoms with van der Waals surface area (Å²) >= 11 is 1.40. The van der Waals surface area contributed by atoms with Crippen LogP contribution in [0.15, 0.2) is 67.5 Å². The van der Waals surface area contributed by atoms with Crippen LogP contribution in [0.1, 0.15) is 5.76 Å². The van der Waals surface area contributed by atoms with Crippen LogP contribution in [0.3, 0.4) is 0 Å². The van der Waals surface area contributed by atoms with Crippen molar-refractivity contribution in [3.05, 3.63) is 69.2 Å². The summed E-state index contributed by atoms with van der Waals surface area (Å²) < 4.78 is 12.1. The van der Waals surface area contributed by atoms with Gasteiger partial charge in [-0.25, -0.2) is 4.68 Å². The fourth-order valence-electron chi connectivity index (χ4n) is 1.88. The Morgan fingerprint density at radius 1 is 1.42 bits per heavy atom. The van der Waals surface area contributed by atoms with Crippen molar-refractivity contribution in [1.29, 1.82) is 0 Å². The third-order valence-electron chi connectivity index (χ3n) is 2.91. The van der Waals surface area contributed by atoms with E-state index in [0.717, 1.165) is 0 Å². The number of nitro groups is 1. The molecule has 24 heavy (non-hydrogen) atoms. The summed E-state index contributed by atoms with van der Waals surface area (Å²) in [5.74, 6) is 0.559. The van der Waals surface area contributed by atoms with Gasteiger partial charge in [-0.2, -0.15) is 5.10 Å². The zero-order valence-corrected chi connectivity index (χ0v) is 13.2. The van der Waals surface area contributed by atoms with Gasteiger partial charge < -0.3 is 8.83 Å². The monoisotopic (exact) mass is 344 g/mol. The third kappa shape index (κ3) is 3.25. The van der Waals surface area contributed by atoms with Gasteiger partial charge in [-0.1, -0.05) is 6.08 Å². The minimum absolute atomic E-state index is 0.264. The molecule has 0 N–H and O–H groups in total. The first-order valence-electron chi connectivity index (χ1n) is 6.83. The minimum atomic E-state index is -0.603. The molecule has 122 valence electrons. The fourth-order valence-corrected chi connectivity index (χ4v) is 2.71. The summed E-state index contributed by atoms with van der Waals surface area (Å²) in [6.07, 6.45) is 4.63. The summed E-state index contributed by atoms with van der Waals surface area (Å²) in [4.78, 5) is 15.1. The van der Waals surface area contributed by atoms with E-state index in [1.165, 1.54) is 29.7 Å². The molecule has 0 aliphatic heterocycles. The van der Waals surface area contributed by atoms with Crippen molar-refractivity contribution in [3.63, 3.8) is 0 Å². The van der Waals surface area contributed by atoms with E-state index in [1.54, 1.807) is 23.1 Å². The zero-order chi connectivity index (χ0) is 16.9. The normalized spacial score (nSPS) is 12.1. The number of nitrogens with zero attached hydrogens (tertiary/aromatic N) is 4. The number of thiazole rings is 1. The molecule has 3 rings (SSSR count). The Morgan fingerprint density at radius 3 is 2.96 bits per heavy atom. The number of furan rings is 2. The van der Waals surface area contributed by atoms with E-state index in [2.05, 4.69) is 16.7 Å². The molecule has 3 aromatic heterocycles. The molecule has 0 saturated heterocycles. The lowest BCUT2D eigenvalue weighted by molar-refractivity contribution is -0.402. The second kappa shape index (κ2) is 6.92. The molecule has 0 atom stereocenters. The smallest absolute Gasteiger partial charge is 0.433 e. The standard InChI is InChI=1S/C15H12N4O4S/c1-2-7-16-15-18(12(10-24-15)13-4-3-8-22-13)17-9-11-5-6-14(23-11)19(20)21/h2-6,8-10H,1,7H2. The topological polar surface area (TPSA) is 99.1 Å². The molecule has 0 radical (unpaired) electrons. The molecule has 0 aliphatic carbocycles. The predicted octanol–water partition coefficient (Wildman–Crippen LogP) is 3.28. The first kappa shape index (κ1) is 15.7. The molecule has 0 unspecified atom stereocenters. The van der Waals surface area contributed by atoms with Crippen molar-refractivity contribution < 1.29 is 13.8 Å². The molecule has 0 saturated carbocycles. The Labute approximate surface area is 139 Å². The first-order valence-corrected chi connectivity index (χ1v) is 7.71. The lowest BCUT2D eigenvalue weighted by Crippen LogP contribution is -2.12. The molecular formula is C15H12N4O4S. The first-order chi connectivity index (χ1) is 11.7. The number of hydrogen-bond acceptors (Lipinski definition) is 7. The van der Waals surface area contributed by atoms with Crippen LogP contribution in [-0.4, -0.2) is 22.4 Å². The highest BCUT2D eigenvalue weighted by molar-refractivity contribution is 7.07. The van der Waals surface area contributed by atoms with Crippen LogP contribution >= 0.6 is 11.3 Å². The zero-order valence-electron chi connectivity index (χ0n) is 12.4. The Kier molecular flexibility index (Phi) is 4.52. The maximum absolute atomic E-state index is 10.7. The largest absolute Gasteiger partial charge is 0.463 e. The second-order valence-electron chi connectivity index (χ2n) is 4.50. The van der Waals surface area contributed by atoms with Gasteiger partial charge >= 0.3 is 5.88 Å². The minimum Gasteiger partial charge on any atom is -0.463 e. The fraction of sp³-hybridized carbons (Fsp3) is 0.0667. The van der Waals surface area contributed by atoms with Gasteiger partial charge in [0.25, 0.3) is 0 Å². The van der Waals surface area contributed by atoms with Crippen LogP contribution in [0.25, 0.3) is 11.5 Å². The lowest BCUT2D eigenvalue weighted by atomic mass is 10.4. The third-order valence-corrected chi connectivity index (χ3v) is 3.76. The van der Waals surface area contributed by atoms with E-state index < -0.39 is 4.92 Å². The van der Waals surface area contributed by atoms with Crippen LogP contribution in [0.2, 0.25) is 0 Å². The van der Waals surface area contributed by atoms with E-state index in [0.29, 0.717) is 22.8 Å². The highest BCUT2D eigenvalue weighted by Crippen LogP contribution is 2.20. The van der Waals surface area contributed by atoms with Gasteiger partial charge in [0.15, 0.2) is 11.5 Å². The van der Waals surface area contributed by atoms with E-state index in [9.17, 15) is 10.1 Å². The number of hydrogen-bond donors (Lipinski definition) is 0. The van der Waals surface area contributed by atoms with Gasteiger partial charge in [0.05, 0.1) is 25.1 Å². The van der Waals surface area contributed by atoms with Crippen LogP contribution < -0.4 is 4.80 Å². The van der Waals surface area contributed by atoms with E-state index in [4.69, 9.17) is 8.83 Å². The summed E-state index contributed by atoms with van der Waals surface area (Å²) in [5, 5.41) is 16.8. The average molecular weight is 344 g/mol. The van der Waals surface area contributed by atoms with Crippen LogP contribution in [-0.2, 0) is 0 Å². The van der Waals surface area contributed by atoms with Gasteiger partial charge in [0.2, 0.25) is 4.80 Å². The summed E-state index contributed by atoms with van der Waals surface area (Å²) in [6, 6.07) is 6.33. The Balaban J connectivity index is 2.00. The molecule has 8 nitrogen and oxygen atoms in total. The van der Waals surface area contributed by atoms with Crippen LogP contribution in [0.5, 0.6) is 0 Å². The Hall–Kier alpha value is -3.20. The van der Waals surface area contributed by atoms with Gasteiger partial charge in [-0.05, 0) is 18.2 Å². The maximum Gasteiger partial charge on any atom is 0.433 e. The van der Waals surface area contributed by atoms with Crippen molar-refractivity contribution in [3.8, 4) is 11.5 Å². The van der Waals surface area contributed by atoms with Crippen molar-refractivity contribution >= 4 is 23.4 Å². The molecular weight excluding hydrogens is 332 g/mol. The molecule has 0 amide bonds. The Bertz CT molecular complexity index is 946. The Morgan fingerprint density at radius 2 is 2.29 bits per heavy atom. The van der Waals surface area contributed by atoms with Crippen molar-refractivity contribution in [2.75, 3.05) is 6.54 Å². The van der Waals surface area contributed by atoms with E-state index in [1.807, 2.05) is 11.4 Å². The van der Waals surface area contributed by atoms with Crippen molar-refractivity contribution in [2.24, 2.45) is 10.1 Å². The summed E-state index contributed by atoms with van der Waals surface area (Å²) in [6.45, 7) is 4.09. The van der Waals surface area contributed by atoms with Crippen LogP contribution in [0, 0.1) is 10.1 Å². The van der Waals surface area contributed by atoms with E-state index in [-0.39, 0.29) is 11.6 Å². The van der Waals surface area contributed by atoms with E-state index >= 15 is 0 Å². The maximum atomic E-state index is 10.7. The molecule has 0 fully saturated rings.